The lowest BCUT2D eigenvalue weighted by molar-refractivity contribution is 0.0841. The molecule has 4 rings (SSSR count). The Balaban J connectivity index is 1.57. The third-order valence-corrected chi connectivity index (χ3v) is 4.75. The van der Waals surface area contributed by atoms with Crippen LogP contribution in [-0.2, 0) is 6.54 Å². The summed E-state index contributed by atoms with van der Waals surface area (Å²) >= 11 is 0. The zero-order valence-corrected chi connectivity index (χ0v) is 16.4. The second-order valence-electron chi connectivity index (χ2n) is 6.56. The molecule has 0 aliphatic heterocycles. The number of carbonyl (C=O) groups excluding carboxylic acids is 2. The third-order valence-electron chi connectivity index (χ3n) is 4.75. The number of hydrogen-bond acceptors (Lipinski definition) is 5. The Kier molecular flexibility index (Phi) is 4.93. The van der Waals surface area contributed by atoms with Gasteiger partial charge in [-0.3, -0.25) is 25.2 Å². The molecule has 4 aromatic rings. The second-order valence-corrected chi connectivity index (χ2v) is 6.56. The Hall–Kier alpha value is -4.14. The van der Waals surface area contributed by atoms with Crippen molar-refractivity contribution in [1.29, 1.82) is 0 Å². The van der Waals surface area contributed by atoms with Gasteiger partial charge in [0.1, 0.15) is 11.4 Å². The van der Waals surface area contributed by atoms with Crippen LogP contribution in [0.5, 0.6) is 5.75 Å². The number of hydrazine groups is 1. The first-order valence-corrected chi connectivity index (χ1v) is 9.29. The maximum Gasteiger partial charge on any atom is 0.290 e. The Labute approximate surface area is 170 Å². The van der Waals surface area contributed by atoms with E-state index in [1.54, 1.807) is 56.5 Å². The number of methoxy groups -OCH3 is 1. The number of nitrogens with zero attached hydrogens (tertiary/aromatic N) is 2. The fraction of sp³-hybridized carbons (Fsp3) is 0.143. The molecule has 2 amide bonds. The van der Waals surface area contributed by atoms with E-state index in [0.717, 1.165) is 10.9 Å². The van der Waals surface area contributed by atoms with Crippen LogP contribution < -0.4 is 21.1 Å². The molecule has 152 valence electrons. The van der Waals surface area contributed by atoms with Crippen LogP contribution in [-0.4, -0.2) is 33.7 Å². The number of hydrogen-bond donors (Lipinski definition) is 3. The number of H-pyrrole nitrogens is 1. The van der Waals surface area contributed by atoms with Gasteiger partial charge in [-0.1, -0.05) is 18.2 Å². The highest BCUT2D eigenvalue weighted by molar-refractivity contribution is 6.06. The minimum absolute atomic E-state index is 0.0498. The van der Waals surface area contributed by atoms with E-state index in [4.69, 9.17) is 4.74 Å². The second kappa shape index (κ2) is 7.70. The number of benzene rings is 2. The Morgan fingerprint density at radius 3 is 2.53 bits per heavy atom. The van der Waals surface area contributed by atoms with Gasteiger partial charge in [0.25, 0.3) is 17.4 Å². The zero-order valence-electron chi connectivity index (χ0n) is 16.4. The number of fused-ring (bicyclic) bond motifs is 2. The van der Waals surface area contributed by atoms with Gasteiger partial charge in [0.05, 0.1) is 12.5 Å². The first-order chi connectivity index (χ1) is 14.5. The van der Waals surface area contributed by atoms with Crippen molar-refractivity contribution >= 4 is 33.5 Å². The van der Waals surface area contributed by atoms with E-state index in [2.05, 4.69) is 20.9 Å². The topological polar surface area (TPSA) is 118 Å². The molecule has 0 aliphatic carbocycles. The zero-order chi connectivity index (χ0) is 21.3. The van der Waals surface area contributed by atoms with Gasteiger partial charge in [-0.25, -0.2) is 4.68 Å². The number of aromatic amines is 1. The molecule has 2 aromatic carbocycles. The summed E-state index contributed by atoms with van der Waals surface area (Å²) in [5.41, 5.74) is 5.52. The van der Waals surface area contributed by atoms with Crippen LogP contribution in [0, 0.1) is 0 Å². The van der Waals surface area contributed by atoms with Crippen LogP contribution in [0.1, 0.15) is 27.9 Å². The van der Waals surface area contributed by atoms with Gasteiger partial charge in [-0.2, -0.15) is 5.10 Å². The Morgan fingerprint density at radius 2 is 1.80 bits per heavy atom. The number of aromatic nitrogens is 3. The summed E-state index contributed by atoms with van der Waals surface area (Å²) in [5, 5.41) is 5.77. The molecule has 0 bridgehead atoms. The van der Waals surface area contributed by atoms with Crippen molar-refractivity contribution in [2.45, 2.75) is 13.5 Å². The molecular formula is C21H19N5O4. The van der Waals surface area contributed by atoms with Gasteiger partial charge in [-0.15, -0.1) is 0 Å². The van der Waals surface area contributed by atoms with Crippen molar-refractivity contribution in [3.05, 3.63) is 70.3 Å². The summed E-state index contributed by atoms with van der Waals surface area (Å²) in [6, 6.07) is 13.8. The lowest BCUT2D eigenvalue weighted by Gasteiger charge is -2.10. The van der Waals surface area contributed by atoms with Crippen molar-refractivity contribution in [2.75, 3.05) is 7.11 Å². The molecule has 0 saturated carbocycles. The summed E-state index contributed by atoms with van der Waals surface area (Å²) in [5.74, 6) is -0.486. The maximum atomic E-state index is 12.7. The maximum absolute atomic E-state index is 12.7. The number of ether oxygens (including phenoxy) is 1. The minimum atomic E-state index is -0.625. The largest absolute Gasteiger partial charge is 0.497 e. The van der Waals surface area contributed by atoms with E-state index in [-0.39, 0.29) is 16.9 Å². The molecule has 0 radical (unpaired) electrons. The van der Waals surface area contributed by atoms with Crippen molar-refractivity contribution < 1.29 is 14.3 Å². The van der Waals surface area contributed by atoms with Crippen LogP contribution >= 0.6 is 0 Å². The number of rotatable bonds is 4. The summed E-state index contributed by atoms with van der Waals surface area (Å²) in [6.45, 7) is 2.08. The molecule has 0 unspecified atom stereocenters. The molecule has 30 heavy (non-hydrogen) atoms. The summed E-state index contributed by atoms with van der Waals surface area (Å²) in [7, 11) is 1.56. The lowest BCUT2D eigenvalue weighted by atomic mass is 10.1. The van der Waals surface area contributed by atoms with Crippen molar-refractivity contribution in [1.82, 2.24) is 25.6 Å². The van der Waals surface area contributed by atoms with Crippen molar-refractivity contribution in [3.63, 3.8) is 0 Å². The molecular weight excluding hydrogens is 386 g/mol. The van der Waals surface area contributed by atoms with Crippen LogP contribution in [0.4, 0.5) is 0 Å². The van der Waals surface area contributed by atoms with Crippen LogP contribution in [0.2, 0.25) is 0 Å². The minimum Gasteiger partial charge on any atom is -0.497 e. The molecule has 0 spiro atoms. The van der Waals surface area contributed by atoms with Crippen LogP contribution in [0.15, 0.2) is 53.3 Å². The third kappa shape index (κ3) is 3.37. The number of amides is 2. The van der Waals surface area contributed by atoms with Gasteiger partial charge in [0.2, 0.25) is 0 Å². The molecule has 3 N–H and O–H groups in total. The predicted molar refractivity (Wildman–Crippen MR) is 111 cm³/mol. The molecule has 2 heterocycles. The van der Waals surface area contributed by atoms with E-state index in [0.29, 0.717) is 23.1 Å². The van der Waals surface area contributed by atoms with E-state index in [9.17, 15) is 14.4 Å². The molecule has 0 aliphatic rings. The summed E-state index contributed by atoms with van der Waals surface area (Å²) in [4.78, 5) is 40.6. The van der Waals surface area contributed by atoms with E-state index in [1.165, 1.54) is 4.68 Å². The molecule has 9 nitrogen and oxygen atoms in total. The lowest BCUT2D eigenvalue weighted by Crippen LogP contribution is -2.43. The van der Waals surface area contributed by atoms with Crippen molar-refractivity contribution in [3.8, 4) is 5.75 Å². The average Bonchev–Trinajstić information content (AvgIpc) is 3.21. The smallest absolute Gasteiger partial charge is 0.290 e. The van der Waals surface area contributed by atoms with E-state index >= 15 is 0 Å². The summed E-state index contributed by atoms with van der Waals surface area (Å²) in [6.07, 6.45) is 0. The molecule has 0 atom stereocenters. The number of nitrogens with one attached hydrogen (secondary N) is 3. The fourth-order valence-corrected chi connectivity index (χ4v) is 3.21. The van der Waals surface area contributed by atoms with Gasteiger partial charge >= 0.3 is 0 Å². The highest BCUT2D eigenvalue weighted by Crippen LogP contribution is 2.21. The standard InChI is InChI=1S/C21H19N5O4/c1-3-26-21(29)15-7-5-4-6-14(15)18(25-26)20(28)24-23-19(27)17-10-12-8-9-13(30-2)11-16(12)22-17/h4-11,22H,3H2,1-2H3,(H,23,27)(H,24,28). The molecule has 9 heteroatoms. The quantitative estimate of drug-likeness (QED) is 0.449. The molecule has 2 aromatic heterocycles. The number of aryl methyl sites for hydroxylation is 1. The first-order valence-electron chi connectivity index (χ1n) is 9.29. The van der Waals surface area contributed by atoms with E-state index < -0.39 is 11.8 Å². The Morgan fingerprint density at radius 1 is 1.07 bits per heavy atom. The van der Waals surface area contributed by atoms with Gasteiger partial charge in [0, 0.05) is 28.9 Å². The average molecular weight is 405 g/mol. The van der Waals surface area contributed by atoms with Gasteiger partial charge in [-0.05, 0) is 31.2 Å². The number of carbonyl (C=O) groups is 2. The van der Waals surface area contributed by atoms with Crippen molar-refractivity contribution in [2.24, 2.45) is 0 Å². The highest BCUT2D eigenvalue weighted by atomic mass is 16.5. The predicted octanol–water partition coefficient (Wildman–Crippen LogP) is 1.98. The SMILES string of the molecule is CCn1nc(C(=O)NNC(=O)c2cc3ccc(OC)cc3[nH]2)c2ccccc2c1=O. The normalized spacial score (nSPS) is 10.9. The first kappa shape index (κ1) is 19.2. The summed E-state index contributed by atoms with van der Waals surface area (Å²) < 4.78 is 6.39. The van der Waals surface area contributed by atoms with Crippen LogP contribution in [0.3, 0.4) is 0 Å². The van der Waals surface area contributed by atoms with Gasteiger partial charge in [0.15, 0.2) is 5.69 Å². The monoisotopic (exact) mass is 405 g/mol. The van der Waals surface area contributed by atoms with E-state index in [1.807, 2.05) is 6.07 Å². The molecule has 0 saturated heterocycles. The molecule has 0 fully saturated rings. The Bertz CT molecular complexity index is 1340. The van der Waals surface area contributed by atoms with Gasteiger partial charge < -0.3 is 9.72 Å². The van der Waals surface area contributed by atoms with Crippen LogP contribution in [0.25, 0.3) is 21.7 Å². The fourth-order valence-electron chi connectivity index (χ4n) is 3.21. The highest BCUT2D eigenvalue weighted by Gasteiger charge is 2.17.